The Morgan fingerprint density at radius 3 is 2.64 bits per heavy atom. The van der Waals surface area contributed by atoms with Crippen LogP contribution in [0.15, 0.2) is 30.3 Å². The van der Waals surface area contributed by atoms with E-state index in [1.807, 2.05) is 18.2 Å². The van der Waals surface area contributed by atoms with Gasteiger partial charge in [-0.15, -0.1) is 0 Å². The second kappa shape index (κ2) is 8.12. The molecule has 0 aromatic heterocycles. The minimum Gasteiger partial charge on any atom is -0.488 e. The molecule has 0 spiro atoms. The number of amides is 1. The summed E-state index contributed by atoms with van der Waals surface area (Å²) in [7, 11) is 1.53. The van der Waals surface area contributed by atoms with Crippen molar-refractivity contribution in [3.8, 4) is 5.75 Å². The van der Waals surface area contributed by atoms with Gasteiger partial charge in [-0.05, 0) is 25.0 Å². The number of benzene rings is 1. The molecule has 0 bridgehead atoms. The number of hydrogen-bond acceptors (Lipinski definition) is 5. The molecule has 1 saturated carbocycles. The molecule has 1 aliphatic carbocycles. The van der Waals surface area contributed by atoms with Crippen molar-refractivity contribution in [1.29, 1.82) is 0 Å². The van der Waals surface area contributed by atoms with Crippen molar-refractivity contribution in [3.05, 3.63) is 30.3 Å². The molecule has 1 aromatic rings. The summed E-state index contributed by atoms with van der Waals surface area (Å²) in [5.41, 5.74) is 0. The Hall–Kier alpha value is -1.63. The van der Waals surface area contributed by atoms with Crippen LogP contribution in [0.25, 0.3) is 0 Å². The lowest BCUT2D eigenvalue weighted by Gasteiger charge is -2.37. The van der Waals surface area contributed by atoms with Gasteiger partial charge in [-0.3, -0.25) is 4.79 Å². The smallest absolute Gasteiger partial charge is 0.222 e. The van der Waals surface area contributed by atoms with E-state index >= 15 is 0 Å². The van der Waals surface area contributed by atoms with E-state index in [4.69, 9.17) is 9.47 Å². The number of hydrogen-bond donors (Lipinski definition) is 3. The topological polar surface area (TPSA) is 88.0 Å². The Labute approximate surface area is 130 Å². The average molecular weight is 309 g/mol. The highest BCUT2D eigenvalue weighted by molar-refractivity contribution is 5.76. The van der Waals surface area contributed by atoms with Crippen molar-refractivity contribution in [1.82, 2.24) is 5.32 Å². The van der Waals surface area contributed by atoms with Crippen molar-refractivity contribution in [2.75, 3.05) is 13.7 Å². The first-order chi connectivity index (χ1) is 10.6. The third-order valence-electron chi connectivity index (χ3n) is 3.82. The zero-order valence-electron chi connectivity index (χ0n) is 12.6. The molecule has 6 nitrogen and oxygen atoms in total. The number of carbonyl (C=O) groups is 1. The fraction of sp³-hybridized carbons (Fsp3) is 0.562. The summed E-state index contributed by atoms with van der Waals surface area (Å²) in [6.45, 7) is 0.330. The summed E-state index contributed by atoms with van der Waals surface area (Å²) in [4.78, 5) is 11.7. The summed E-state index contributed by atoms with van der Waals surface area (Å²) >= 11 is 0. The Kier molecular flexibility index (Phi) is 6.18. The van der Waals surface area contributed by atoms with Gasteiger partial charge in [0.25, 0.3) is 0 Å². The van der Waals surface area contributed by atoms with E-state index in [-0.39, 0.29) is 12.3 Å². The van der Waals surface area contributed by atoms with E-state index in [1.165, 1.54) is 7.11 Å². The SMILES string of the molecule is COCCC(=O)N[C@@H]1CC[C@@H](Oc2ccccc2)[C@@H](O)[C@@H]1O. The van der Waals surface area contributed by atoms with Crippen molar-refractivity contribution in [3.63, 3.8) is 0 Å². The molecule has 0 aliphatic heterocycles. The van der Waals surface area contributed by atoms with Crippen molar-refractivity contribution in [2.24, 2.45) is 0 Å². The van der Waals surface area contributed by atoms with Crippen LogP contribution in [0.1, 0.15) is 19.3 Å². The maximum absolute atomic E-state index is 11.7. The van der Waals surface area contributed by atoms with Crippen LogP contribution in [0.2, 0.25) is 0 Å². The van der Waals surface area contributed by atoms with Gasteiger partial charge in [-0.2, -0.15) is 0 Å². The lowest BCUT2D eigenvalue weighted by Crippen LogP contribution is -2.57. The molecule has 122 valence electrons. The van der Waals surface area contributed by atoms with E-state index in [9.17, 15) is 15.0 Å². The highest BCUT2D eigenvalue weighted by Crippen LogP contribution is 2.24. The van der Waals surface area contributed by atoms with E-state index in [0.29, 0.717) is 25.2 Å². The molecule has 1 amide bonds. The van der Waals surface area contributed by atoms with Crippen molar-refractivity contribution < 1.29 is 24.5 Å². The molecule has 1 fully saturated rings. The van der Waals surface area contributed by atoms with Gasteiger partial charge in [0.05, 0.1) is 12.6 Å². The number of rotatable bonds is 6. The number of methoxy groups -OCH3 is 1. The summed E-state index contributed by atoms with van der Waals surface area (Å²) in [6.07, 6.45) is -1.23. The Bertz CT molecular complexity index is 467. The van der Waals surface area contributed by atoms with Gasteiger partial charge in [0.2, 0.25) is 5.91 Å². The first kappa shape index (κ1) is 16.7. The highest BCUT2D eigenvalue weighted by Gasteiger charge is 2.39. The molecule has 1 aromatic carbocycles. The third-order valence-corrected chi connectivity index (χ3v) is 3.82. The normalized spacial score (nSPS) is 28.1. The monoisotopic (exact) mass is 309 g/mol. The maximum atomic E-state index is 11.7. The van der Waals surface area contributed by atoms with Gasteiger partial charge in [-0.25, -0.2) is 0 Å². The van der Waals surface area contributed by atoms with Gasteiger partial charge in [0, 0.05) is 13.5 Å². The molecule has 0 unspecified atom stereocenters. The molecule has 22 heavy (non-hydrogen) atoms. The Morgan fingerprint density at radius 1 is 1.23 bits per heavy atom. The quantitative estimate of drug-likeness (QED) is 0.711. The van der Waals surface area contributed by atoms with Crippen LogP contribution in [-0.4, -0.2) is 54.2 Å². The average Bonchev–Trinajstić information content (AvgIpc) is 2.53. The zero-order valence-corrected chi connectivity index (χ0v) is 12.6. The predicted molar refractivity (Wildman–Crippen MR) is 80.5 cm³/mol. The van der Waals surface area contributed by atoms with Gasteiger partial charge >= 0.3 is 0 Å². The van der Waals surface area contributed by atoms with Crippen LogP contribution < -0.4 is 10.1 Å². The molecule has 4 atom stereocenters. The lowest BCUT2D eigenvalue weighted by molar-refractivity contribution is -0.128. The Morgan fingerprint density at radius 2 is 1.95 bits per heavy atom. The molecule has 0 radical (unpaired) electrons. The van der Waals surface area contributed by atoms with Crippen LogP contribution in [0.3, 0.4) is 0 Å². The largest absolute Gasteiger partial charge is 0.488 e. The van der Waals surface area contributed by atoms with Crippen LogP contribution in [-0.2, 0) is 9.53 Å². The second-order valence-corrected chi connectivity index (χ2v) is 5.44. The number of carbonyl (C=O) groups excluding carboxylic acids is 1. The van der Waals surface area contributed by atoms with Crippen LogP contribution in [0.4, 0.5) is 0 Å². The maximum Gasteiger partial charge on any atom is 0.222 e. The highest BCUT2D eigenvalue weighted by atomic mass is 16.5. The van der Waals surface area contributed by atoms with Gasteiger partial charge < -0.3 is 25.0 Å². The molecule has 0 heterocycles. The first-order valence-corrected chi connectivity index (χ1v) is 7.48. The van der Waals surface area contributed by atoms with E-state index in [2.05, 4.69) is 5.32 Å². The third kappa shape index (κ3) is 4.43. The standard InChI is InChI=1S/C16H23NO5/c1-21-10-9-14(18)17-12-7-8-13(16(20)15(12)19)22-11-5-3-2-4-6-11/h2-6,12-13,15-16,19-20H,7-10H2,1H3,(H,17,18)/t12-,13-,15-,16-/m1/s1. The fourth-order valence-corrected chi connectivity index (χ4v) is 2.58. The molecule has 1 aliphatic rings. The van der Waals surface area contributed by atoms with Crippen molar-refractivity contribution in [2.45, 2.75) is 43.6 Å². The summed E-state index contributed by atoms with van der Waals surface area (Å²) < 4.78 is 10.6. The van der Waals surface area contributed by atoms with Gasteiger partial charge in [0.15, 0.2) is 0 Å². The number of nitrogens with one attached hydrogen (secondary N) is 1. The first-order valence-electron chi connectivity index (χ1n) is 7.48. The number of para-hydroxylation sites is 1. The van der Waals surface area contributed by atoms with Crippen LogP contribution in [0, 0.1) is 0 Å². The summed E-state index contributed by atoms with van der Waals surface area (Å²) in [5.74, 6) is 0.460. The lowest BCUT2D eigenvalue weighted by atomic mass is 9.87. The van der Waals surface area contributed by atoms with E-state index in [0.717, 1.165) is 0 Å². The number of ether oxygens (including phenoxy) is 2. The molecule has 0 saturated heterocycles. The van der Waals surface area contributed by atoms with Crippen molar-refractivity contribution >= 4 is 5.91 Å². The minimum absolute atomic E-state index is 0.194. The predicted octanol–water partition coefficient (Wildman–Crippen LogP) is 0.471. The Balaban J connectivity index is 1.87. The van der Waals surface area contributed by atoms with Crippen LogP contribution >= 0.6 is 0 Å². The van der Waals surface area contributed by atoms with Crippen LogP contribution in [0.5, 0.6) is 5.75 Å². The van der Waals surface area contributed by atoms with Gasteiger partial charge in [-0.1, -0.05) is 18.2 Å². The minimum atomic E-state index is -1.05. The number of aliphatic hydroxyl groups is 2. The summed E-state index contributed by atoms with van der Waals surface area (Å²) in [6, 6.07) is 8.72. The molecular formula is C16H23NO5. The molecular weight excluding hydrogens is 286 g/mol. The van der Waals surface area contributed by atoms with Gasteiger partial charge in [0.1, 0.15) is 24.1 Å². The zero-order chi connectivity index (χ0) is 15.9. The fourth-order valence-electron chi connectivity index (χ4n) is 2.58. The molecule has 6 heteroatoms. The van der Waals surface area contributed by atoms with E-state index in [1.54, 1.807) is 12.1 Å². The van der Waals surface area contributed by atoms with E-state index < -0.39 is 24.4 Å². The summed E-state index contributed by atoms with van der Waals surface area (Å²) in [5, 5.41) is 23.1. The molecule has 2 rings (SSSR count). The second-order valence-electron chi connectivity index (χ2n) is 5.44. The number of aliphatic hydroxyl groups excluding tert-OH is 2. The molecule has 3 N–H and O–H groups in total.